The van der Waals surface area contributed by atoms with Crippen molar-refractivity contribution in [3.8, 4) is 0 Å². The SMILES string of the molecule is [B]C(C)CCN(CC)C(CCCCCCC)CCCCCCC. The van der Waals surface area contributed by atoms with E-state index in [1.54, 1.807) is 0 Å². The molecule has 0 saturated heterocycles. The molecule has 0 rings (SSSR count). The summed E-state index contributed by atoms with van der Waals surface area (Å²) in [5.74, 6) is 0.332. The van der Waals surface area contributed by atoms with Crippen LogP contribution in [0.15, 0.2) is 0 Å². The molecule has 0 aromatic carbocycles. The Balaban J connectivity index is 4.20. The summed E-state index contributed by atoms with van der Waals surface area (Å²) < 4.78 is 0. The van der Waals surface area contributed by atoms with Crippen LogP contribution in [-0.2, 0) is 0 Å². The zero-order valence-electron chi connectivity index (χ0n) is 16.8. The lowest BCUT2D eigenvalue weighted by Crippen LogP contribution is -2.36. The Bertz CT molecular complexity index is 216. The van der Waals surface area contributed by atoms with Crippen molar-refractivity contribution in [3.63, 3.8) is 0 Å². The van der Waals surface area contributed by atoms with Gasteiger partial charge in [-0.1, -0.05) is 97.7 Å². The van der Waals surface area contributed by atoms with Crippen LogP contribution in [0.25, 0.3) is 0 Å². The Morgan fingerprint density at radius 3 is 1.57 bits per heavy atom. The summed E-state index contributed by atoms with van der Waals surface area (Å²) in [6.45, 7) is 11.4. The molecule has 0 N–H and O–H groups in total. The van der Waals surface area contributed by atoms with Gasteiger partial charge in [0.2, 0.25) is 0 Å². The lowest BCUT2D eigenvalue weighted by molar-refractivity contribution is 0.176. The van der Waals surface area contributed by atoms with Crippen molar-refractivity contribution in [2.24, 2.45) is 0 Å². The molecular weight excluding hydrogens is 277 g/mol. The second kappa shape index (κ2) is 16.9. The van der Waals surface area contributed by atoms with Gasteiger partial charge in [0.25, 0.3) is 0 Å². The van der Waals surface area contributed by atoms with Crippen molar-refractivity contribution in [1.82, 2.24) is 4.90 Å². The van der Waals surface area contributed by atoms with Crippen LogP contribution in [0.2, 0.25) is 5.82 Å². The summed E-state index contributed by atoms with van der Waals surface area (Å²) in [6.07, 6.45) is 17.9. The zero-order chi connectivity index (χ0) is 17.3. The van der Waals surface area contributed by atoms with Crippen LogP contribution in [-0.4, -0.2) is 31.9 Å². The van der Waals surface area contributed by atoms with E-state index in [9.17, 15) is 0 Å². The van der Waals surface area contributed by atoms with E-state index in [1.807, 2.05) is 0 Å². The molecule has 0 aliphatic heterocycles. The van der Waals surface area contributed by atoms with Gasteiger partial charge in [-0.2, -0.15) is 0 Å². The largest absolute Gasteiger partial charge is 0.301 e. The molecule has 0 saturated carbocycles. The molecule has 0 amide bonds. The molecular formula is C21H44BN. The van der Waals surface area contributed by atoms with Crippen LogP contribution < -0.4 is 0 Å². The molecule has 1 unspecified atom stereocenters. The minimum atomic E-state index is 0.332. The van der Waals surface area contributed by atoms with E-state index in [1.165, 1.54) is 90.1 Å². The summed E-state index contributed by atoms with van der Waals surface area (Å²) in [6, 6.07) is 0.794. The molecule has 1 atom stereocenters. The highest BCUT2D eigenvalue weighted by Crippen LogP contribution is 2.19. The monoisotopic (exact) mass is 321 g/mol. The van der Waals surface area contributed by atoms with Crippen molar-refractivity contribution in [2.75, 3.05) is 13.1 Å². The van der Waals surface area contributed by atoms with E-state index in [0.29, 0.717) is 5.82 Å². The summed E-state index contributed by atoms with van der Waals surface area (Å²) in [5.41, 5.74) is 0. The molecule has 0 aliphatic carbocycles. The molecule has 0 bridgehead atoms. The van der Waals surface area contributed by atoms with Crippen LogP contribution in [0.4, 0.5) is 0 Å². The van der Waals surface area contributed by atoms with E-state index in [0.717, 1.165) is 12.5 Å². The lowest BCUT2D eigenvalue weighted by Gasteiger charge is -2.32. The molecule has 136 valence electrons. The van der Waals surface area contributed by atoms with E-state index in [2.05, 4.69) is 32.6 Å². The van der Waals surface area contributed by atoms with Crippen LogP contribution in [0.1, 0.15) is 111 Å². The molecule has 0 aromatic rings. The molecule has 0 aliphatic rings. The first-order chi connectivity index (χ1) is 11.2. The first-order valence-corrected chi connectivity index (χ1v) is 10.6. The molecule has 0 heterocycles. The Hall–Kier alpha value is 0.0249. The summed E-state index contributed by atoms with van der Waals surface area (Å²) >= 11 is 0. The van der Waals surface area contributed by atoms with E-state index in [-0.39, 0.29) is 0 Å². The lowest BCUT2D eigenvalue weighted by atomic mass is 9.86. The Morgan fingerprint density at radius 1 is 0.696 bits per heavy atom. The molecule has 2 radical (unpaired) electrons. The second-order valence-corrected chi connectivity index (χ2v) is 7.45. The average molecular weight is 321 g/mol. The van der Waals surface area contributed by atoms with Gasteiger partial charge in [-0.25, -0.2) is 0 Å². The Labute approximate surface area is 149 Å². The molecule has 0 fully saturated rings. The van der Waals surface area contributed by atoms with Crippen molar-refractivity contribution in [2.45, 2.75) is 123 Å². The molecule has 0 aromatic heterocycles. The van der Waals surface area contributed by atoms with Gasteiger partial charge in [0.1, 0.15) is 0 Å². The predicted molar refractivity (Wildman–Crippen MR) is 108 cm³/mol. The summed E-state index contributed by atoms with van der Waals surface area (Å²) in [4.78, 5) is 2.71. The maximum Gasteiger partial charge on any atom is 0.0696 e. The highest BCUT2D eigenvalue weighted by molar-refractivity contribution is 6.11. The minimum absolute atomic E-state index is 0.332. The van der Waals surface area contributed by atoms with Gasteiger partial charge in [0, 0.05) is 6.04 Å². The first kappa shape index (κ1) is 23.0. The number of hydrogen-bond acceptors (Lipinski definition) is 1. The predicted octanol–water partition coefficient (Wildman–Crippen LogP) is 6.76. The maximum atomic E-state index is 5.98. The van der Waals surface area contributed by atoms with Gasteiger partial charge >= 0.3 is 0 Å². The van der Waals surface area contributed by atoms with Crippen LogP contribution in [0, 0.1) is 0 Å². The normalized spacial score (nSPS) is 13.1. The van der Waals surface area contributed by atoms with E-state index >= 15 is 0 Å². The third-order valence-corrected chi connectivity index (χ3v) is 5.08. The van der Waals surface area contributed by atoms with Gasteiger partial charge in [-0.15, -0.1) is 0 Å². The van der Waals surface area contributed by atoms with Crippen molar-refractivity contribution >= 4 is 7.85 Å². The zero-order valence-corrected chi connectivity index (χ0v) is 16.8. The Kier molecular flexibility index (Phi) is 16.9. The molecule has 23 heavy (non-hydrogen) atoms. The van der Waals surface area contributed by atoms with Gasteiger partial charge in [-0.3, -0.25) is 0 Å². The van der Waals surface area contributed by atoms with Gasteiger partial charge in [-0.05, 0) is 32.4 Å². The first-order valence-electron chi connectivity index (χ1n) is 10.6. The van der Waals surface area contributed by atoms with Crippen LogP contribution in [0.5, 0.6) is 0 Å². The molecule has 1 nitrogen and oxygen atoms in total. The van der Waals surface area contributed by atoms with Crippen molar-refractivity contribution in [1.29, 1.82) is 0 Å². The smallest absolute Gasteiger partial charge is 0.0696 e. The van der Waals surface area contributed by atoms with Crippen LogP contribution >= 0.6 is 0 Å². The molecule has 0 spiro atoms. The average Bonchev–Trinajstić information content (AvgIpc) is 2.53. The summed E-state index contributed by atoms with van der Waals surface area (Å²) in [7, 11) is 5.98. The quantitative estimate of drug-likeness (QED) is 0.211. The fourth-order valence-electron chi connectivity index (χ4n) is 3.44. The van der Waals surface area contributed by atoms with Gasteiger partial charge < -0.3 is 4.90 Å². The number of hydrogen-bond donors (Lipinski definition) is 0. The minimum Gasteiger partial charge on any atom is -0.301 e. The second-order valence-electron chi connectivity index (χ2n) is 7.45. The topological polar surface area (TPSA) is 3.24 Å². The third kappa shape index (κ3) is 14.1. The molecule has 2 heteroatoms. The number of unbranched alkanes of at least 4 members (excludes halogenated alkanes) is 8. The maximum absolute atomic E-state index is 5.98. The van der Waals surface area contributed by atoms with Crippen molar-refractivity contribution in [3.05, 3.63) is 0 Å². The van der Waals surface area contributed by atoms with Crippen molar-refractivity contribution < 1.29 is 0 Å². The number of rotatable bonds is 17. The van der Waals surface area contributed by atoms with Gasteiger partial charge in [0.05, 0.1) is 7.85 Å². The highest BCUT2D eigenvalue weighted by Gasteiger charge is 2.16. The van der Waals surface area contributed by atoms with Gasteiger partial charge in [0.15, 0.2) is 0 Å². The standard InChI is InChI=1S/C21H44BN/c1-5-8-10-12-14-16-21(17-15-13-11-9-6-2)23(7-3)19-18-20(4)22/h20-21H,5-19H2,1-4H3. The Morgan fingerprint density at radius 2 is 1.17 bits per heavy atom. The van der Waals surface area contributed by atoms with Crippen LogP contribution in [0.3, 0.4) is 0 Å². The number of nitrogens with zero attached hydrogens (tertiary/aromatic N) is 1. The fourth-order valence-corrected chi connectivity index (χ4v) is 3.44. The van der Waals surface area contributed by atoms with E-state index in [4.69, 9.17) is 7.85 Å². The van der Waals surface area contributed by atoms with E-state index < -0.39 is 0 Å². The fraction of sp³-hybridized carbons (Fsp3) is 1.00. The summed E-state index contributed by atoms with van der Waals surface area (Å²) in [5, 5.41) is 0. The third-order valence-electron chi connectivity index (χ3n) is 5.08. The highest BCUT2D eigenvalue weighted by atomic mass is 15.1.